The van der Waals surface area contributed by atoms with E-state index in [0.717, 1.165) is 31.6 Å². The largest absolute Gasteiger partial charge is 0.392 e. The van der Waals surface area contributed by atoms with Crippen LogP contribution < -0.4 is 5.32 Å². The molecule has 0 aliphatic heterocycles. The lowest BCUT2D eigenvalue weighted by molar-refractivity contribution is -0.0101. The summed E-state index contributed by atoms with van der Waals surface area (Å²) in [6.07, 6.45) is 4.99. The fourth-order valence-electron chi connectivity index (χ4n) is 2.31. The molecule has 0 bridgehead atoms. The van der Waals surface area contributed by atoms with E-state index < -0.39 is 5.60 Å². The minimum absolute atomic E-state index is 0.333. The number of rotatable bonds is 5. The normalized spacial score (nSPS) is 34.0. The quantitative estimate of drug-likeness (QED) is 0.648. The van der Waals surface area contributed by atoms with Gasteiger partial charge in [-0.2, -0.15) is 0 Å². The lowest BCUT2D eigenvalue weighted by atomic mass is 9.78. The molecule has 1 rings (SSSR count). The van der Waals surface area contributed by atoms with Gasteiger partial charge in [0, 0.05) is 13.1 Å². The lowest BCUT2D eigenvalue weighted by Gasteiger charge is -2.36. The summed E-state index contributed by atoms with van der Waals surface area (Å²) in [7, 11) is 0. The van der Waals surface area contributed by atoms with Crippen LogP contribution in [0.3, 0.4) is 0 Å². The van der Waals surface area contributed by atoms with Crippen molar-refractivity contribution in [1.29, 1.82) is 0 Å². The molecule has 1 fully saturated rings. The van der Waals surface area contributed by atoms with Crippen molar-refractivity contribution in [1.82, 2.24) is 5.32 Å². The molecule has 3 heteroatoms. The van der Waals surface area contributed by atoms with Gasteiger partial charge in [-0.05, 0) is 38.5 Å². The van der Waals surface area contributed by atoms with Crippen LogP contribution in [0.15, 0.2) is 0 Å². The number of aliphatic hydroxyl groups is 2. The summed E-state index contributed by atoms with van der Waals surface area (Å²) in [5.41, 5.74) is -0.527. The summed E-state index contributed by atoms with van der Waals surface area (Å²) in [6.45, 7) is 5.17. The maximum absolute atomic E-state index is 10.3. The smallest absolute Gasteiger partial charge is 0.0771 e. The van der Waals surface area contributed by atoms with E-state index in [4.69, 9.17) is 5.11 Å². The van der Waals surface area contributed by atoms with Crippen molar-refractivity contribution < 1.29 is 10.2 Å². The monoisotopic (exact) mass is 215 g/mol. The second-order valence-corrected chi connectivity index (χ2v) is 5.06. The maximum atomic E-state index is 10.3. The fourth-order valence-corrected chi connectivity index (χ4v) is 2.31. The van der Waals surface area contributed by atoms with Crippen LogP contribution in [0.2, 0.25) is 0 Å². The second-order valence-electron chi connectivity index (χ2n) is 5.06. The molecule has 0 aromatic heterocycles. The zero-order valence-electron chi connectivity index (χ0n) is 10.00. The van der Waals surface area contributed by atoms with Crippen LogP contribution in [0, 0.1) is 5.92 Å². The van der Waals surface area contributed by atoms with Gasteiger partial charge >= 0.3 is 0 Å². The highest BCUT2D eigenvalue weighted by molar-refractivity contribution is 4.87. The maximum Gasteiger partial charge on any atom is 0.0771 e. The molecule has 0 amide bonds. The molecule has 1 aliphatic rings. The van der Waals surface area contributed by atoms with Crippen molar-refractivity contribution in [3.8, 4) is 0 Å². The molecule has 0 spiro atoms. The number of hydrogen-bond acceptors (Lipinski definition) is 3. The van der Waals surface area contributed by atoms with Gasteiger partial charge < -0.3 is 15.5 Å². The van der Waals surface area contributed by atoms with Crippen LogP contribution in [0.4, 0.5) is 0 Å². The zero-order valence-corrected chi connectivity index (χ0v) is 10.00. The van der Waals surface area contributed by atoms with Gasteiger partial charge in [0.05, 0.1) is 11.7 Å². The van der Waals surface area contributed by atoms with Gasteiger partial charge in [0.25, 0.3) is 0 Å². The molecule has 1 atom stereocenters. The van der Waals surface area contributed by atoms with E-state index in [9.17, 15) is 5.11 Å². The molecule has 3 nitrogen and oxygen atoms in total. The van der Waals surface area contributed by atoms with E-state index in [1.807, 2.05) is 0 Å². The summed E-state index contributed by atoms with van der Waals surface area (Å²) in [5, 5.41) is 22.5. The van der Waals surface area contributed by atoms with Crippen LogP contribution >= 0.6 is 0 Å². The highest BCUT2D eigenvalue weighted by Gasteiger charge is 2.32. The third kappa shape index (κ3) is 4.49. The Morgan fingerprint density at radius 1 is 1.40 bits per heavy atom. The summed E-state index contributed by atoms with van der Waals surface area (Å²) >= 11 is 0. The van der Waals surface area contributed by atoms with E-state index in [0.29, 0.717) is 13.1 Å². The molecular formula is C12H25NO2. The first-order chi connectivity index (χ1) is 7.06. The Morgan fingerprint density at radius 2 is 2.00 bits per heavy atom. The predicted octanol–water partition coefficient (Wildman–Crippen LogP) is 1.29. The Bertz CT molecular complexity index is 174. The first-order valence-electron chi connectivity index (χ1n) is 6.17. The van der Waals surface area contributed by atoms with Crippen molar-refractivity contribution in [2.75, 3.05) is 13.1 Å². The van der Waals surface area contributed by atoms with Gasteiger partial charge in [-0.1, -0.05) is 13.3 Å². The minimum atomic E-state index is -0.527. The molecule has 1 aliphatic carbocycles. The highest BCUT2D eigenvalue weighted by atomic mass is 16.3. The Labute approximate surface area is 92.9 Å². The molecule has 3 N–H and O–H groups in total. The zero-order chi connectivity index (χ0) is 11.3. The molecule has 1 unspecified atom stereocenters. The number of nitrogens with one attached hydrogen (secondary N) is 1. The Hall–Kier alpha value is -0.120. The van der Waals surface area contributed by atoms with E-state index >= 15 is 0 Å². The van der Waals surface area contributed by atoms with Gasteiger partial charge in [-0.15, -0.1) is 0 Å². The topological polar surface area (TPSA) is 52.5 Å². The summed E-state index contributed by atoms with van der Waals surface area (Å²) in [5.74, 6) is 0.807. The van der Waals surface area contributed by atoms with Crippen molar-refractivity contribution in [3.05, 3.63) is 0 Å². The van der Waals surface area contributed by atoms with Crippen molar-refractivity contribution in [2.45, 2.75) is 57.7 Å². The average molecular weight is 215 g/mol. The number of aliphatic hydroxyl groups excluding tert-OH is 1. The van der Waals surface area contributed by atoms with Crippen LogP contribution in [0.1, 0.15) is 46.0 Å². The van der Waals surface area contributed by atoms with Gasteiger partial charge in [-0.25, -0.2) is 0 Å². The van der Waals surface area contributed by atoms with Gasteiger partial charge in [0.15, 0.2) is 0 Å². The molecule has 90 valence electrons. The van der Waals surface area contributed by atoms with Gasteiger partial charge in [-0.3, -0.25) is 0 Å². The molecule has 0 aromatic rings. The Balaban J connectivity index is 2.22. The van der Waals surface area contributed by atoms with Crippen LogP contribution in [-0.2, 0) is 0 Å². The van der Waals surface area contributed by atoms with E-state index in [-0.39, 0.29) is 6.10 Å². The molecule has 0 saturated heterocycles. The van der Waals surface area contributed by atoms with Gasteiger partial charge in [0.1, 0.15) is 0 Å². The third-order valence-electron chi connectivity index (χ3n) is 3.51. The summed E-state index contributed by atoms with van der Waals surface area (Å²) in [6, 6.07) is 0. The molecule has 15 heavy (non-hydrogen) atoms. The minimum Gasteiger partial charge on any atom is -0.392 e. The van der Waals surface area contributed by atoms with Crippen LogP contribution in [-0.4, -0.2) is 35.0 Å². The van der Waals surface area contributed by atoms with Crippen LogP contribution in [0.5, 0.6) is 0 Å². The first kappa shape index (κ1) is 12.9. The lowest BCUT2D eigenvalue weighted by Crippen LogP contribution is -2.45. The second kappa shape index (κ2) is 5.83. The van der Waals surface area contributed by atoms with E-state index in [1.54, 1.807) is 6.92 Å². The van der Waals surface area contributed by atoms with Crippen molar-refractivity contribution in [2.24, 2.45) is 5.92 Å². The predicted molar refractivity (Wildman–Crippen MR) is 61.7 cm³/mol. The Kier molecular flexibility index (Phi) is 5.03. The average Bonchev–Trinajstić information content (AvgIpc) is 2.18. The van der Waals surface area contributed by atoms with E-state index in [1.165, 1.54) is 6.42 Å². The molecular weight excluding hydrogens is 190 g/mol. The van der Waals surface area contributed by atoms with Crippen LogP contribution in [0.25, 0.3) is 0 Å². The fraction of sp³-hybridized carbons (Fsp3) is 1.00. The Morgan fingerprint density at radius 3 is 2.47 bits per heavy atom. The third-order valence-corrected chi connectivity index (χ3v) is 3.51. The summed E-state index contributed by atoms with van der Waals surface area (Å²) in [4.78, 5) is 0. The standard InChI is InChI=1S/C12H25NO2/c1-3-11-4-6-12(15,7-5-11)9-13-8-10(2)14/h10-11,13-15H,3-9H2,1-2H3. The molecule has 0 aromatic carbocycles. The van der Waals surface area contributed by atoms with Crippen molar-refractivity contribution >= 4 is 0 Å². The van der Waals surface area contributed by atoms with Gasteiger partial charge in [0.2, 0.25) is 0 Å². The SMILES string of the molecule is CCC1CCC(O)(CNCC(C)O)CC1. The van der Waals surface area contributed by atoms with E-state index in [2.05, 4.69) is 12.2 Å². The molecule has 1 saturated carbocycles. The molecule has 0 radical (unpaired) electrons. The first-order valence-corrected chi connectivity index (χ1v) is 6.17. The highest BCUT2D eigenvalue weighted by Crippen LogP contribution is 2.33. The summed E-state index contributed by atoms with van der Waals surface area (Å²) < 4.78 is 0. The molecule has 0 heterocycles. The van der Waals surface area contributed by atoms with Crippen molar-refractivity contribution in [3.63, 3.8) is 0 Å². The number of hydrogen-bond donors (Lipinski definition) is 3.